The molecule has 15 rings (SSSR count). The molecule has 0 saturated carbocycles. The van der Waals surface area contributed by atoms with Gasteiger partial charge in [-0.15, -0.1) is 0 Å². The number of aromatic nitrogens is 2. The first kappa shape index (κ1) is 34.2. The molecule has 11 aromatic carbocycles. The van der Waals surface area contributed by atoms with Crippen molar-refractivity contribution in [1.82, 2.24) is 9.13 Å². The van der Waals surface area contributed by atoms with Crippen LogP contribution in [0.2, 0.25) is 0 Å². The van der Waals surface area contributed by atoms with E-state index in [-0.39, 0.29) is 0 Å². The van der Waals surface area contributed by atoms with Crippen LogP contribution in [0.5, 0.6) is 0 Å². The first-order valence-corrected chi connectivity index (χ1v) is 22.3. The zero-order valence-corrected chi connectivity index (χ0v) is 34.7. The summed E-state index contributed by atoms with van der Waals surface area (Å²) in [5.41, 5.74) is 22.7. The smallest absolute Gasteiger partial charge is 0.0541 e. The van der Waals surface area contributed by atoms with Crippen LogP contribution in [0.4, 0.5) is 0 Å². The first-order chi connectivity index (χ1) is 31.8. The molecule has 0 fully saturated rings. The van der Waals surface area contributed by atoms with E-state index < -0.39 is 0 Å². The second-order valence-corrected chi connectivity index (χ2v) is 17.6. The molecule has 0 unspecified atom stereocenters. The molecule has 0 aliphatic heterocycles. The van der Waals surface area contributed by atoms with Crippen LogP contribution in [-0.4, -0.2) is 9.13 Å². The summed E-state index contributed by atoms with van der Waals surface area (Å²) < 4.78 is 4.93. The van der Waals surface area contributed by atoms with Crippen LogP contribution in [0, 0.1) is 0 Å². The van der Waals surface area contributed by atoms with Crippen LogP contribution in [0.15, 0.2) is 218 Å². The van der Waals surface area contributed by atoms with Crippen molar-refractivity contribution in [3.63, 3.8) is 0 Å². The van der Waals surface area contributed by atoms with E-state index >= 15 is 0 Å². The van der Waals surface area contributed by atoms with Gasteiger partial charge < -0.3 is 9.13 Å². The van der Waals surface area contributed by atoms with Crippen molar-refractivity contribution in [3.8, 4) is 78.1 Å². The van der Waals surface area contributed by atoms with Crippen molar-refractivity contribution in [3.05, 3.63) is 218 Å². The Labute approximate surface area is 369 Å². The van der Waals surface area contributed by atoms with Gasteiger partial charge in [0.05, 0.1) is 27.8 Å². The molecule has 13 aromatic rings. The third kappa shape index (κ3) is 4.48. The lowest BCUT2D eigenvalue weighted by Crippen LogP contribution is -1.96. The van der Waals surface area contributed by atoms with Crippen LogP contribution in [0.3, 0.4) is 0 Å². The maximum Gasteiger partial charge on any atom is 0.0541 e. The largest absolute Gasteiger partial charge is 0.309 e. The molecular weight excluding hydrogens is 773 g/mol. The van der Waals surface area contributed by atoms with Gasteiger partial charge in [0.2, 0.25) is 0 Å². The minimum absolute atomic E-state index is 1.16. The molecule has 2 nitrogen and oxygen atoms in total. The highest BCUT2D eigenvalue weighted by molar-refractivity contribution is 6.20. The zero-order chi connectivity index (χ0) is 41.6. The van der Waals surface area contributed by atoms with Crippen LogP contribution in [0.1, 0.15) is 0 Å². The Hall–Kier alpha value is -8.46. The lowest BCUT2D eigenvalue weighted by atomic mass is 9.94. The van der Waals surface area contributed by atoms with E-state index in [9.17, 15) is 0 Å². The summed E-state index contributed by atoms with van der Waals surface area (Å²) in [4.78, 5) is 0. The van der Waals surface area contributed by atoms with Crippen molar-refractivity contribution in [2.45, 2.75) is 0 Å². The molecule has 0 saturated heterocycles. The van der Waals surface area contributed by atoms with Gasteiger partial charge in [-0.25, -0.2) is 0 Å². The quantitative estimate of drug-likeness (QED) is 0.168. The van der Waals surface area contributed by atoms with E-state index in [1.807, 2.05) is 0 Å². The van der Waals surface area contributed by atoms with Crippen molar-refractivity contribution < 1.29 is 0 Å². The van der Waals surface area contributed by atoms with Crippen molar-refractivity contribution >= 4 is 65.2 Å². The van der Waals surface area contributed by atoms with Gasteiger partial charge in [0, 0.05) is 32.6 Å². The Morgan fingerprint density at radius 3 is 1.30 bits per heavy atom. The Morgan fingerprint density at radius 2 is 0.656 bits per heavy atom. The summed E-state index contributed by atoms with van der Waals surface area (Å²) >= 11 is 0. The van der Waals surface area contributed by atoms with E-state index in [1.54, 1.807) is 0 Å². The summed E-state index contributed by atoms with van der Waals surface area (Å²) in [6.07, 6.45) is 0. The van der Waals surface area contributed by atoms with Gasteiger partial charge in [0.25, 0.3) is 0 Å². The van der Waals surface area contributed by atoms with Crippen molar-refractivity contribution in [2.24, 2.45) is 0 Å². The fraction of sp³-hybridized carbons (Fsp3) is 0. The van der Waals surface area contributed by atoms with Crippen LogP contribution >= 0.6 is 0 Å². The van der Waals surface area contributed by atoms with E-state index in [1.165, 1.54) is 138 Å². The van der Waals surface area contributed by atoms with Crippen molar-refractivity contribution in [1.29, 1.82) is 0 Å². The second-order valence-electron chi connectivity index (χ2n) is 17.6. The molecule has 2 aliphatic rings. The number of fused-ring (bicyclic) bond motifs is 12. The highest BCUT2D eigenvalue weighted by atomic mass is 15.0. The Bertz CT molecular complexity index is 4140. The maximum absolute atomic E-state index is 2.48. The number of hydrogen-bond acceptors (Lipinski definition) is 0. The number of para-hydroxylation sites is 2. The van der Waals surface area contributed by atoms with E-state index in [4.69, 9.17) is 0 Å². The fourth-order valence-corrected chi connectivity index (χ4v) is 11.7. The van der Waals surface area contributed by atoms with Crippen LogP contribution in [-0.2, 0) is 0 Å². The van der Waals surface area contributed by atoms with Gasteiger partial charge in [0.15, 0.2) is 0 Å². The lowest BCUT2D eigenvalue weighted by molar-refractivity contribution is 1.18. The van der Waals surface area contributed by atoms with Gasteiger partial charge >= 0.3 is 0 Å². The van der Waals surface area contributed by atoms with Gasteiger partial charge in [-0.3, -0.25) is 0 Å². The van der Waals surface area contributed by atoms with Crippen molar-refractivity contribution in [2.75, 3.05) is 0 Å². The topological polar surface area (TPSA) is 9.86 Å². The zero-order valence-electron chi connectivity index (χ0n) is 34.7. The molecule has 2 aromatic heterocycles. The summed E-state index contributed by atoms with van der Waals surface area (Å²) in [6, 6.07) is 81.4. The summed E-state index contributed by atoms with van der Waals surface area (Å²) in [5.74, 6) is 0. The molecule has 2 aliphatic carbocycles. The maximum atomic E-state index is 2.48. The fourth-order valence-electron chi connectivity index (χ4n) is 11.7. The highest BCUT2D eigenvalue weighted by Crippen LogP contribution is 2.51. The average Bonchev–Trinajstić information content (AvgIpc) is 4.08. The number of nitrogens with zero attached hydrogens (tertiary/aromatic N) is 2. The molecule has 0 atom stereocenters. The molecule has 294 valence electrons. The van der Waals surface area contributed by atoms with E-state index in [0.717, 1.165) is 5.69 Å². The summed E-state index contributed by atoms with van der Waals surface area (Å²) in [6.45, 7) is 0. The molecule has 64 heavy (non-hydrogen) atoms. The molecule has 0 amide bonds. The van der Waals surface area contributed by atoms with E-state index in [0.29, 0.717) is 0 Å². The number of benzene rings is 11. The molecule has 0 bridgehead atoms. The molecule has 0 radical (unpaired) electrons. The normalized spacial score (nSPS) is 12.4. The lowest BCUT2D eigenvalue weighted by Gasteiger charge is -2.14. The summed E-state index contributed by atoms with van der Waals surface area (Å²) in [5, 5.41) is 10.3. The molecule has 2 heterocycles. The van der Waals surface area contributed by atoms with Gasteiger partial charge in [-0.2, -0.15) is 0 Å². The minimum Gasteiger partial charge on any atom is -0.309 e. The third-order valence-electron chi connectivity index (χ3n) is 14.4. The Morgan fingerprint density at radius 1 is 0.219 bits per heavy atom. The van der Waals surface area contributed by atoms with Gasteiger partial charge in [-0.05, 0) is 138 Å². The standard InChI is InChI=1S/C62H36N2/c1-3-16-44-42(14-1)49-21-10-20-48-41(28-29-51(44)61(48)49)39-12-9-13-40(34-39)63-56-24-7-5-18-46(56)54-35-37(26-31-59(54)63)38-27-32-60-55(36-38)47-19-6-8-25-57(47)64(60)58-33-30-52-45-17-4-2-15-43(45)50-22-11-23-53(58)62(50)52/h1-36H. The number of hydrogen-bond donors (Lipinski definition) is 0. The predicted molar refractivity (Wildman–Crippen MR) is 270 cm³/mol. The van der Waals surface area contributed by atoms with Gasteiger partial charge in [-0.1, -0.05) is 164 Å². The Balaban J connectivity index is 0.869. The molecule has 2 heteroatoms. The monoisotopic (exact) mass is 808 g/mol. The summed E-state index contributed by atoms with van der Waals surface area (Å²) in [7, 11) is 0. The molecular formula is C62H36N2. The third-order valence-corrected chi connectivity index (χ3v) is 14.4. The second kappa shape index (κ2) is 12.6. The number of rotatable bonds is 4. The minimum atomic E-state index is 1.16. The van der Waals surface area contributed by atoms with Gasteiger partial charge in [0.1, 0.15) is 0 Å². The van der Waals surface area contributed by atoms with Crippen LogP contribution < -0.4 is 0 Å². The predicted octanol–water partition coefficient (Wildman–Crippen LogP) is 16.8. The van der Waals surface area contributed by atoms with Crippen LogP contribution in [0.25, 0.3) is 143 Å². The Kier molecular flexibility index (Phi) is 6.71. The molecule has 0 N–H and O–H groups in total. The highest BCUT2D eigenvalue weighted by Gasteiger charge is 2.25. The first-order valence-electron chi connectivity index (χ1n) is 22.3. The molecule has 0 spiro atoms. The van der Waals surface area contributed by atoms with E-state index in [2.05, 4.69) is 228 Å². The average molecular weight is 809 g/mol. The SMILES string of the molecule is c1cc(-c2ccc3c4c(cccc24)-c2ccccc2-3)cc(-n2c3ccccc3c3cc(-c4ccc5c(c4)c4ccccc4n5-c4ccc5c6c(cccc46)-c4ccccc4-5)ccc32)c1.